The summed E-state index contributed by atoms with van der Waals surface area (Å²) in [6, 6.07) is 18.3. The SMILES string of the molecule is COCC(=O)NC(c1nnc2n1CCN(Cc1ccc(OCc3ccccc3)cc1)CC2)C(C)C. The van der Waals surface area contributed by atoms with Gasteiger partial charge in [-0.2, -0.15) is 0 Å². The highest BCUT2D eigenvalue weighted by atomic mass is 16.5. The van der Waals surface area contributed by atoms with Crippen LogP contribution >= 0.6 is 0 Å². The van der Waals surface area contributed by atoms with Gasteiger partial charge in [-0.15, -0.1) is 10.2 Å². The van der Waals surface area contributed by atoms with Crippen LogP contribution < -0.4 is 10.1 Å². The molecule has 1 N–H and O–H groups in total. The molecule has 1 amide bonds. The Labute approximate surface area is 207 Å². The summed E-state index contributed by atoms with van der Waals surface area (Å²) in [6.45, 7) is 8.22. The summed E-state index contributed by atoms with van der Waals surface area (Å²) >= 11 is 0. The zero-order valence-electron chi connectivity index (χ0n) is 20.8. The summed E-state index contributed by atoms with van der Waals surface area (Å²) in [6.07, 6.45) is 0.822. The van der Waals surface area contributed by atoms with Gasteiger partial charge in [0.15, 0.2) is 5.82 Å². The van der Waals surface area contributed by atoms with E-state index >= 15 is 0 Å². The average molecular weight is 478 g/mol. The predicted molar refractivity (Wildman–Crippen MR) is 134 cm³/mol. The molecule has 0 bridgehead atoms. The quantitative estimate of drug-likeness (QED) is 0.482. The Hall–Kier alpha value is -3.23. The molecule has 1 aromatic heterocycles. The fourth-order valence-electron chi connectivity index (χ4n) is 4.34. The number of amides is 1. The molecule has 1 atom stereocenters. The minimum atomic E-state index is -0.200. The van der Waals surface area contributed by atoms with Crippen molar-refractivity contribution in [3.8, 4) is 5.75 Å². The highest BCUT2D eigenvalue weighted by molar-refractivity contribution is 5.77. The van der Waals surface area contributed by atoms with Gasteiger partial charge in [0.1, 0.15) is 24.8 Å². The highest BCUT2D eigenvalue weighted by Crippen LogP contribution is 2.23. The Balaban J connectivity index is 1.34. The first-order valence-corrected chi connectivity index (χ1v) is 12.2. The topological polar surface area (TPSA) is 81.5 Å². The van der Waals surface area contributed by atoms with E-state index in [1.54, 1.807) is 0 Å². The van der Waals surface area contributed by atoms with E-state index in [-0.39, 0.29) is 24.5 Å². The molecule has 1 unspecified atom stereocenters. The molecule has 35 heavy (non-hydrogen) atoms. The van der Waals surface area contributed by atoms with Gasteiger partial charge in [0.2, 0.25) is 5.91 Å². The van der Waals surface area contributed by atoms with E-state index in [0.717, 1.165) is 55.6 Å². The smallest absolute Gasteiger partial charge is 0.246 e. The van der Waals surface area contributed by atoms with E-state index in [1.807, 2.05) is 30.3 Å². The third-order valence-corrected chi connectivity index (χ3v) is 6.26. The lowest BCUT2D eigenvalue weighted by Gasteiger charge is -2.23. The van der Waals surface area contributed by atoms with E-state index in [1.165, 1.54) is 12.7 Å². The number of carbonyl (C=O) groups is 1. The monoisotopic (exact) mass is 477 g/mol. The zero-order valence-corrected chi connectivity index (χ0v) is 20.8. The molecule has 0 aliphatic carbocycles. The van der Waals surface area contributed by atoms with Gasteiger partial charge in [0, 0.05) is 39.7 Å². The van der Waals surface area contributed by atoms with E-state index < -0.39 is 0 Å². The van der Waals surface area contributed by atoms with Crippen molar-refractivity contribution in [3.63, 3.8) is 0 Å². The number of rotatable bonds is 10. The van der Waals surface area contributed by atoms with Crippen LogP contribution in [0.3, 0.4) is 0 Å². The van der Waals surface area contributed by atoms with Gasteiger partial charge in [0.25, 0.3) is 0 Å². The lowest BCUT2D eigenvalue weighted by molar-refractivity contribution is -0.125. The second kappa shape index (κ2) is 12.0. The van der Waals surface area contributed by atoms with Crippen LogP contribution in [-0.4, -0.2) is 52.4 Å². The molecule has 1 aliphatic heterocycles. The molecule has 186 valence electrons. The van der Waals surface area contributed by atoms with Crippen LogP contribution in [-0.2, 0) is 35.6 Å². The molecule has 8 nitrogen and oxygen atoms in total. The summed E-state index contributed by atoms with van der Waals surface area (Å²) in [5, 5.41) is 12.0. The number of aromatic nitrogens is 3. The molecule has 8 heteroatoms. The van der Waals surface area contributed by atoms with Crippen molar-refractivity contribution in [3.05, 3.63) is 77.4 Å². The highest BCUT2D eigenvalue weighted by Gasteiger charge is 2.27. The Morgan fingerprint density at radius 2 is 1.77 bits per heavy atom. The van der Waals surface area contributed by atoms with Crippen LogP contribution in [0.1, 0.15) is 42.7 Å². The number of nitrogens with zero attached hydrogens (tertiary/aromatic N) is 4. The molecule has 2 heterocycles. The third kappa shape index (κ3) is 6.68. The number of methoxy groups -OCH3 is 1. The second-order valence-electron chi connectivity index (χ2n) is 9.29. The normalized spacial score (nSPS) is 14.9. The molecular formula is C27H35N5O3. The molecule has 2 aromatic carbocycles. The Bertz CT molecular complexity index is 1080. The maximum absolute atomic E-state index is 12.2. The van der Waals surface area contributed by atoms with Crippen LogP contribution in [0, 0.1) is 5.92 Å². The number of benzene rings is 2. The van der Waals surface area contributed by atoms with Gasteiger partial charge in [-0.05, 0) is 29.2 Å². The van der Waals surface area contributed by atoms with Crippen molar-refractivity contribution < 1.29 is 14.3 Å². The molecule has 0 spiro atoms. The molecule has 0 radical (unpaired) electrons. The summed E-state index contributed by atoms with van der Waals surface area (Å²) in [7, 11) is 1.52. The van der Waals surface area contributed by atoms with Crippen LogP contribution in [0.2, 0.25) is 0 Å². The van der Waals surface area contributed by atoms with Crippen LogP contribution in [0.4, 0.5) is 0 Å². The van der Waals surface area contributed by atoms with E-state index in [4.69, 9.17) is 9.47 Å². The molecule has 1 aliphatic rings. The van der Waals surface area contributed by atoms with Crippen molar-refractivity contribution >= 4 is 5.91 Å². The molecule has 3 aromatic rings. The summed E-state index contributed by atoms with van der Waals surface area (Å²) in [5.74, 6) is 2.71. The van der Waals surface area contributed by atoms with Crippen LogP contribution in [0.15, 0.2) is 54.6 Å². The van der Waals surface area contributed by atoms with Gasteiger partial charge in [0.05, 0.1) is 6.04 Å². The van der Waals surface area contributed by atoms with Crippen molar-refractivity contribution in [2.75, 3.05) is 26.8 Å². The van der Waals surface area contributed by atoms with E-state index in [9.17, 15) is 4.79 Å². The minimum absolute atomic E-state index is 0.0358. The van der Waals surface area contributed by atoms with Crippen LogP contribution in [0.5, 0.6) is 5.75 Å². The Morgan fingerprint density at radius 1 is 1.00 bits per heavy atom. The van der Waals surface area contributed by atoms with Crippen molar-refractivity contribution in [1.82, 2.24) is 25.0 Å². The first-order valence-electron chi connectivity index (χ1n) is 12.2. The minimum Gasteiger partial charge on any atom is -0.489 e. The number of hydrogen-bond donors (Lipinski definition) is 1. The third-order valence-electron chi connectivity index (χ3n) is 6.26. The lowest BCUT2D eigenvalue weighted by atomic mass is 10.0. The van der Waals surface area contributed by atoms with Gasteiger partial charge in [-0.25, -0.2) is 0 Å². The fourth-order valence-corrected chi connectivity index (χ4v) is 4.34. The van der Waals surface area contributed by atoms with Crippen molar-refractivity contribution in [1.29, 1.82) is 0 Å². The van der Waals surface area contributed by atoms with Gasteiger partial charge >= 0.3 is 0 Å². The van der Waals surface area contributed by atoms with Crippen molar-refractivity contribution in [2.45, 2.75) is 46.0 Å². The largest absolute Gasteiger partial charge is 0.489 e. The van der Waals surface area contributed by atoms with Gasteiger partial charge in [-0.1, -0.05) is 56.3 Å². The summed E-state index contributed by atoms with van der Waals surface area (Å²) < 4.78 is 13.1. The second-order valence-corrected chi connectivity index (χ2v) is 9.29. The Morgan fingerprint density at radius 3 is 2.49 bits per heavy atom. The Kier molecular flexibility index (Phi) is 8.50. The van der Waals surface area contributed by atoms with Gasteiger partial charge in [-0.3, -0.25) is 9.69 Å². The molecule has 4 rings (SSSR count). The number of fused-ring (bicyclic) bond motifs is 1. The van der Waals surface area contributed by atoms with E-state index in [0.29, 0.717) is 6.61 Å². The number of ether oxygens (including phenoxy) is 2. The zero-order chi connectivity index (χ0) is 24.6. The summed E-state index contributed by atoms with van der Waals surface area (Å²) in [4.78, 5) is 14.6. The molecule has 0 saturated carbocycles. The van der Waals surface area contributed by atoms with Crippen LogP contribution in [0.25, 0.3) is 0 Å². The average Bonchev–Trinajstić information content (AvgIpc) is 3.16. The maximum Gasteiger partial charge on any atom is 0.246 e. The number of nitrogens with one attached hydrogen (secondary N) is 1. The summed E-state index contributed by atoms with van der Waals surface area (Å²) in [5.41, 5.74) is 2.41. The number of carbonyl (C=O) groups excluding carboxylic acids is 1. The maximum atomic E-state index is 12.2. The first-order chi connectivity index (χ1) is 17.0. The molecule has 0 fully saturated rings. The predicted octanol–water partition coefficient (Wildman–Crippen LogP) is 3.38. The molecule has 0 saturated heterocycles. The van der Waals surface area contributed by atoms with Gasteiger partial charge < -0.3 is 19.4 Å². The number of hydrogen-bond acceptors (Lipinski definition) is 6. The first kappa shape index (κ1) is 24.9. The standard InChI is InChI=1S/C27H35N5O3/c1-20(2)26(28-25(33)19-34-3)27-30-29-24-13-14-31(15-16-32(24)27)17-21-9-11-23(12-10-21)35-18-22-7-5-4-6-8-22/h4-12,20,26H,13-19H2,1-3H3,(H,28,33). The van der Waals surface area contributed by atoms with E-state index in [2.05, 4.69) is 63.1 Å². The lowest BCUT2D eigenvalue weighted by Crippen LogP contribution is -2.36. The molecular weight excluding hydrogens is 442 g/mol. The fraction of sp³-hybridized carbons (Fsp3) is 0.444. The van der Waals surface area contributed by atoms with Crippen molar-refractivity contribution in [2.24, 2.45) is 5.92 Å².